The molecule has 228 valence electrons. The summed E-state index contributed by atoms with van der Waals surface area (Å²) in [5, 5.41) is 8.39. The van der Waals surface area contributed by atoms with Gasteiger partial charge in [-0.1, -0.05) is 103 Å². The molecule has 11 rings (SSSR count). The molecule has 0 atom stereocenters. The molecule has 0 unspecified atom stereocenters. The Hall–Kier alpha value is -6.30. The van der Waals surface area contributed by atoms with Crippen molar-refractivity contribution >= 4 is 86.2 Å². The van der Waals surface area contributed by atoms with Gasteiger partial charge in [0.15, 0.2) is 11.4 Å². The van der Waals surface area contributed by atoms with Crippen molar-refractivity contribution in [1.29, 1.82) is 0 Å². The minimum atomic E-state index is 0.696. The van der Waals surface area contributed by atoms with Crippen molar-refractivity contribution in [1.82, 2.24) is 14.5 Å². The van der Waals surface area contributed by atoms with Crippen LogP contribution in [0.1, 0.15) is 0 Å². The second-order valence-electron chi connectivity index (χ2n) is 12.6. The average Bonchev–Trinajstić information content (AvgIpc) is 3.83. The number of fused-ring (bicyclic) bond motifs is 10. The molecular weight excluding hydrogens is 619 g/mol. The Morgan fingerprint density at radius 1 is 0.531 bits per heavy atom. The molecule has 4 heterocycles. The molecule has 49 heavy (non-hydrogen) atoms. The van der Waals surface area contributed by atoms with Crippen molar-refractivity contribution in [3.63, 3.8) is 0 Å². The van der Waals surface area contributed by atoms with Crippen LogP contribution in [-0.4, -0.2) is 14.5 Å². The molecule has 5 heteroatoms. The van der Waals surface area contributed by atoms with E-state index in [1.807, 2.05) is 47.7 Å². The predicted octanol–water partition coefficient (Wildman–Crippen LogP) is 12.3. The van der Waals surface area contributed by atoms with Crippen LogP contribution in [0.2, 0.25) is 0 Å². The molecule has 0 aliphatic heterocycles. The highest BCUT2D eigenvalue weighted by Gasteiger charge is 2.21. The lowest BCUT2D eigenvalue weighted by Crippen LogP contribution is -1.94. The molecule has 0 fully saturated rings. The van der Waals surface area contributed by atoms with Gasteiger partial charge in [-0.2, -0.15) is 0 Å². The fourth-order valence-electron chi connectivity index (χ4n) is 7.58. The number of thiophene rings is 1. The van der Waals surface area contributed by atoms with Crippen LogP contribution in [-0.2, 0) is 0 Å². The van der Waals surface area contributed by atoms with Gasteiger partial charge in [0, 0.05) is 53.1 Å². The SMILES string of the molecule is c1ccc(-c2nc(-c3cccc4sc5cc(-n6c7ccccc7c7cc8ccccc8cc76)ccc5c34)nc3c2oc2ccccc23)cc1. The van der Waals surface area contributed by atoms with Crippen molar-refractivity contribution < 1.29 is 4.42 Å². The Labute approximate surface area is 284 Å². The summed E-state index contributed by atoms with van der Waals surface area (Å²) in [7, 11) is 0. The summed E-state index contributed by atoms with van der Waals surface area (Å²) in [6, 6.07) is 53.7. The van der Waals surface area contributed by atoms with Crippen LogP contribution in [0.3, 0.4) is 0 Å². The van der Waals surface area contributed by atoms with Gasteiger partial charge >= 0.3 is 0 Å². The van der Waals surface area contributed by atoms with Gasteiger partial charge in [-0.25, -0.2) is 9.97 Å². The Morgan fingerprint density at radius 3 is 2.20 bits per heavy atom. The Balaban J connectivity index is 1.16. The third-order valence-corrected chi connectivity index (χ3v) is 10.9. The minimum absolute atomic E-state index is 0.696. The van der Waals surface area contributed by atoms with E-state index in [9.17, 15) is 0 Å². The van der Waals surface area contributed by atoms with Crippen LogP contribution in [0.4, 0.5) is 0 Å². The Kier molecular flexibility index (Phi) is 5.51. The Morgan fingerprint density at radius 2 is 1.31 bits per heavy atom. The smallest absolute Gasteiger partial charge is 0.180 e. The molecule has 0 radical (unpaired) electrons. The van der Waals surface area contributed by atoms with Crippen LogP contribution >= 0.6 is 11.3 Å². The largest absolute Gasteiger partial charge is 0.452 e. The highest BCUT2D eigenvalue weighted by Crippen LogP contribution is 2.43. The molecule has 0 aliphatic carbocycles. The van der Waals surface area contributed by atoms with Gasteiger partial charge in [0.2, 0.25) is 0 Å². The predicted molar refractivity (Wildman–Crippen MR) is 205 cm³/mol. The van der Waals surface area contributed by atoms with E-state index in [1.165, 1.54) is 52.8 Å². The van der Waals surface area contributed by atoms with Crippen molar-refractivity contribution in [2.24, 2.45) is 0 Å². The molecule has 4 nitrogen and oxygen atoms in total. The van der Waals surface area contributed by atoms with Crippen molar-refractivity contribution in [3.8, 4) is 28.3 Å². The molecule has 0 spiro atoms. The van der Waals surface area contributed by atoms with Crippen LogP contribution < -0.4 is 0 Å². The first-order chi connectivity index (χ1) is 24.3. The maximum Gasteiger partial charge on any atom is 0.180 e. The summed E-state index contributed by atoms with van der Waals surface area (Å²) >= 11 is 1.82. The topological polar surface area (TPSA) is 43.9 Å². The number of furan rings is 1. The van der Waals surface area contributed by atoms with Crippen LogP contribution in [0, 0.1) is 0 Å². The molecule has 7 aromatic carbocycles. The highest BCUT2D eigenvalue weighted by molar-refractivity contribution is 7.26. The Bertz CT molecular complexity index is 3110. The van der Waals surface area contributed by atoms with Crippen LogP contribution in [0.15, 0.2) is 156 Å². The summed E-state index contributed by atoms with van der Waals surface area (Å²) < 4.78 is 11.2. The first kappa shape index (κ1) is 26.7. The lowest BCUT2D eigenvalue weighted by Gasteiger charge is -2.09. The number of aromatic nitrogens is 3. The van der Waals surface area contributed by atoms with Gasteiger partial charge in [-0.3, -0.25) is 0 Å². The summed E-state index contributed by atoms with van der Waals surface area (Å²) in [6.07, 6.45) is 0. The fraction of sp³-hybridized carbons (Fsp3) is 0. The molecule has 0 amide bonds. The number of hydrogen-bond acceptors (Lipinski definition) is 4. The normalized spacial score (nSPS) is 12.1. The second kappa shape index (κ2) is 10.1. The van der Waals surface area contributed by atoms with Gasteiger partial charge in [0.25, 0.3) is 0 Å². The van der Waals surface area contributed by atoms with Gasteiger partial charge in [0.05, 0.1) is 11.0 Å². The third-order valence-electron chi connectivity index (χ3n) is 9.79. The van der Waals surface area contributed by atoms with E-state index in [0.717, 1.165) is 39.0 Å². The minimum Gasteiger partial charge on any atom is -0.452 e. The standard InChI is InChI=1S/C44H25N3OS/c1-2-11-26(12-3-1)41-43-42(31-16-7-9-19-37(31)48-43)46-44(45-41)33-17-10-20-38-40(33)32-22-21-29(25-39(32)49-38)47-35-18-8-6-15-30(35)34-23-27-13-4-5-14-28(27)24-36(34)47/h1-25H. The van der Waals surface area contributed by atoms with Gasteiger partial charge < -0.3 is 8.98 Å². The van der Waals surface area contributed by atoms with Crippen LogP contribution in [0.5, 0.6) is 0 Å². The van der Waals surface area contributed by atoms with Crippen LogP contribution in [0.25, 0.3) is 103 Å². The number of nitrogens with zero attached hydrogens (tertiary/aromatic N) is 3. The summed E-state index contributed by atoms with van der Waals surface area (Å²) in [4.78, 5) is 10.4. The first-order valence-corrected chi connectivity index (χ1v) is 17.2. The summed E-state index contributed by atoms with van der Waals surface area (Å²) in [6.45, 7) is 0. The molecule has 0 bridgehead atoms. The molecule has 0 saturated carbocycles. The van der Waals surface area contributed by atoms with Crippen molar-refractivity contribution in [2.75, 3.05) is 0 Å². The van der Waals surface area contributed by atoms with E-state index in [-0.39, 0.29) is 0 Å². The van der Waals surface area contributed by atoms with E-state index in [1.54, 1.807) is 0 Å². The van der Waals surface area contributed by atoms with E-state index < -0.39 is 0 Å². The molecular formula is C44H25N3OS. The van der Waals surface area contributed by atoms with E-state index in [2.05, 4.69) is 120 Å². The number of benzene rings is 7. The lowest BCUT2D eigenvalue weighted by atomic mass is 10.0. The number of rotatable bonds is 3. The molecule has 11 aromatic rings. The zero-order valence-electron chi connectivity index (χ0n) is 26.1. The van der Waals surface area contributed by atoms with Gasteiger partial charge in [-0.15, -0.1) is 11.3 Å². The fourth-order valence-corrected chi connectivity index (χ4v) is 8.74. The lowest BCUT2D eigenvalue weighted by molar-refractivity contribution is 0.667. The highest BCUT2D eigenvalue weighted by atomic mass is 32.1. The number of hydrogen-bond donors (Lipinski definition) is 0. The molecule has 0 aliphatic rings. The summed E-state index contributed by atoms with van der Waals surface area (Å²) in [5.41, 5.74) is 8.74. The van der Waals surface area contributed by atoms with E-state index in [4.69, 9.17) is 14.4 Å². The van der Waals surface area contributed by atoms with Crippen molar-refractivity contribution in [3.05, 3.63) is 152 Å². The maximum atomic E-state index is 6.38. The van der Waals surface area contributed by atoms with Gasteiger partial charge in [-0.05, 0) is 59.3 Å². The zero-order valence-corrected chi connectivity index (χ0v) is 26.9. The molecule has 0 N–H and O–H groups in total. The monoisotopic (exact) mass is 643 g/mol. The van der Waals surface area contributed by atoms with Gasteiger partial charge in [0.1, 0.15) is 16.8 Å². The van der Waals surface area contributed by atoms with E-state index in [0.29, 0.717) is 11.4 Å². The quantitative estimate of drug-likeness (QED) is 0.192. The number of para-hydroxylation sites is 2. The second-order valence-corrected chi connectivity index (χ2v) is 13.7. The van der Waals surface area contributed by atoms with Crippen molar-refractivity contribution in [2.45, 2.75) is 0 Å². The molecule has 4 aromatic heterocycles. The third kappa shape index (κ3) is 3.91. The molecule has 0 saturated heterocycles. The average molecular weight is 644 g/mol. The van der Waals surface area contributed by atoms with E-state index >= 15 is 0 Å². The first-order valence-electron chi connectivity index (χ1n) is 16.4. The maximum absolute atomic E-state index is 6.38. The zero-order chi connectivity index (χ0) is 32.1. The summed E-state index contributed by atoms with van der Waals surface area (Å²) in [5.74, 6) is 0.696.